The highest BCUT2D eigenvalue weighted by atomic mass is 32.2. The predicted molar refractivity (Wildman–Crippen MR) is 64.9 cm³/mol. The van der Waals surface area contributed by atoms with Crippen LogP contribution in [-0.4, -0.2) is 37.2 Å². The Bertz CT molecular complexity index is 509. The number of rotatable bonds is 6. The fourth-order valence-electron chi connectivity index (χ4n) is 1.21. The van der Waals surface area contributed by atoms with Crippen molar-refractivity contribution in [3.63, 3.8) is 0 Å². The zero-order chi connectivity index (χ0) is 13.8. The molecular formula is C11H15NO5S. The second-order valence-electron chi connectivity index (χ2n) is 3.74. The van der Waals surface area contributed by atoms with Crippen LogP contribution in [-0.2, 0) is 10.0 Å². The summed E-state index contributed by atoms with van der Waals surface area (Å²) < 4.78 is 25.8. The van der Waals surface area contributed by atoms with E-state index in [-0.39, 0.29) is 17.0 Å². The molecule has 0 amide bonds. The molecule has 0 spiro atoms. The summed E-state index contributed by atoms with van der Waals surface area (Å²) in [4.78, 5) is 10.6. The SMILES string of the molecule is CCC(O)CNS(=O)(=O)c1ccc(C(=O)O)cc1. The van der Waals surface area contributed by atoms with Gasteiger partial charge in [0.15, 0.2) is 0 Å². The number of benzene rings is 1. The molecule has 3 N–H and O–H groups in total. The lowest BCUT2D eigenvalue weighted by Crippen LogP contribution is -2.31. The Morgan fingerprint density at radius 2 is 1.89 bits per heavy atom. The van der Waals surface area contributed by atoms with E-state index in [1.807, 2.05) is 0 Å². The molecule has 18 heavy (non-hydrogen) atoms. The number of aromatic carboxylic acids is 1. The molecule has 0 saturated heterocycles. The highest BCUT2D eigenvalue weighted by Gasteiger charge is 2.15. The summed E-state index contributed by atoms with van der Waals surface area (Å²) in [5, 5.41) is 18.0. The van der Waals surface area contributed by atoms with Crippen molar-refractivity contribution < 1.29 is 23.4 Å². The Balaban J connectivity index is 2.82. The molecule has 7 heteroatoms. The van der Waals surface area contributed by atoms with E-state index in [2.05, 4.69) is 4.72 Å². The monoisotopic (exact) mass is 273 g/mol. The van der Waals surface area contributed by atoms with Gasteiger partial charge in [0.2, 0.25) is 10.0 Å². The van der Waals surface area contributed by atoms with Gasteiger partial charge in [-0.15, -0.1) is 0 Å². The van der Waals surface area contributed by atoms with Gasteiger partial charge in [-0.3, -0.25) is 0 Å². The van der Waals surface area contributed by atoms with E-state index >= 15 is 0 Å². The zero-order valence-electron chi connectivity index (χ0n) is 9.83. The maximum Gasteiger partial charge on any atom is 0.335 e. The molecule has 6 nitrogen and oxygen atoms in total. The van der Waals surface area contributed by atoms with Crippen LogP contribution in [0.15, 0.2) is 29.2 Å². The van der Waals surface area contributed by atoms with Crippen molar-refractivity contribution in [1.29, 1.82) is 0 Å². The summed E-state index contributed by atoms with van der Waals surface area (Å²) in [6.45, 7) is 1.67. The number of carbonyl (C=O) groups is 1. The number of sulfonamides is 1. The Morgan fingerprint density at radius 1 is 1.33 bits per heavy atom. The predicted octanol–water partition coefficient (Wildman–Crippen LogP) is 0.434. The fourth-order valence-corrected chi connectivity index (χ4v) is 2.28. The smallest absolute Gasteiger partial charge is 0.335 e. The summed E-state index contributed by atoms with van der Waals surface area (Å²) in [5.41, 5.74) is 0.0162. The Labute approximate surface area is 105 Å². The third-order valence-corrected chi connectivity index (χ3v) is 3.83. The van der Waals surface area contributed by atoms with E-state index in [1.54, 1.807) is 6.92 Å². The van der Waals surface area contributed by atoms with E-state index in [0.717, 1.165) is 0 Å². The molecule has 0 aliphatic rings. The third-order valence-electron chi connectivity index (χ3n) is 2.39. The summed E-state index contributed by atoms with van der Waals surface area (Å²) >= 11 is 0. The van der Waals surface area contributed by atoms with E-state index in [4.69, 9.17) is 5.11 Å². The molecule has 0 aliphatic heterocycles. The Hall–Kier alpha value is -1.44. The fraction of sp³-hybridized carbons (Fsp3) is 0.364. The highest BCUT2D eigenvalue weighted by Crippen LogP contribution is 2.10. The minimum atomic E-state index is -3.71. The molecule has 1 unspecified atom stereocenters. The highest BCUT2D eigenvalue weighted by molar-refractivity contribution is 7.89. The number of carboxylic acids is 1. The molecule has 0 heterocycles. The average molecular weight is 273 g/mol. The van der Waals surface area contributed by atoms with Crippen molar-refractivity contribution in [1.82, 2.24) is 4.72 Å². The van der Waals surface area contributed by atoms with Crippen molar-refractivity contribution in [2.24, 2.45) is 0 Å². The number of carboxylic acid groups (broad SMARTS) is 1. The van der Waals surface area contributed by atoms with Crippen LogP contribution in [0.25, 0.3) is 0 Å². The normalized spacial score (nSPS) is 13.2. The van der Waals surface area contributed by atoms with Gasteiger partial charge in [-0.2, -0.15) is 0 Å². The van der Waals surface area contributed by atoms with Crippen molar-refractivity contribution in [2.75, 3.05) is 6.54 Å². The molecule has 1 atom stereocenters. The largest absolute Gasteiger partial charge is 0.478 e. The van der Waals surface area contributed by atoms with Gasteiger partial charge in [-0.1, -0.05) is 6.92 Å². The standard InChI is InChI=1S/C11H15NO5S/c1-2-9(13)7-12-18(16,17)10-5-3-8(4-6-10)11(14)15/h3-6,9,12-13H,2,7H2,1H3,(H,14,15). The number of nitrogens with one attached hydrogen (secondary N) is 1. The molecule has 0 bridgehead atoms. The number of hydrogen-bond acceptors (Lipinski definition) is 4. The van der Waals surface area contributed by atoms with Crippen molar-refractivity contribution in [3.8, 4) is 0 Å². The quantitative estimate of drug-likeness (QED) is 0.697. The first-order valence-electron chi connectivity index (χ1n) is 5.38. The van der Waals surface area contributed by atoms with Gasteiger partial charge < -0.3 is 10.2 Å². The summed E-state index contributed by atoms with van der Waals surface area (Å²) in [6, 6.07) is 4.86. The molecule has 100 valence electrons. The Kier molecular flexibility index (Phi) is 4.83. The van der Waals surface area contributed by atoms with Gasteiger partial charge >= 0.3 is 5.97 Å². The summed E-state index contributed by atoms with van der Waals surface area (Å²) in [6.07, 6.45) is -0.293. The van der Waals surface area contributed by atoms with Crippen molar-refractivity contribution >= 4 is 16.0 Å². The van der Waals surface area contributed by atoms with Crippen LogP contribution in [0.3, 0.4) is 0 Å². The first-order chi connectivity index (χ1) is 8.36. The minimum absolute atomic E-state index is 0.0162. The van der Waals surface area contributed by atoms with Crippen LogP contribution in [0.5, 0.6) is 0 Å². The first-order valence-corrected chi connectivity index (χ1v) is 6.86. The van der Waals surface area contributed by atoms with Crippen LogP contribution in [0.1, 0.15) is 23.7 Å². The van der Waals surface area contributed by atoms with E-state index in [0.29, 0.717) is 6.42 Å². The van der Waals surface area contributed by atoms with E-state index < -0.39 is 22.1 Å². The number of aliphatic hydroxyl groups excluding tert-OH is 1. The molecule has 0 aromatic heterocycles. The molecule has 1 aromatic carbocycles. The molecule has 1 rings (SSSR count). The van der Waals surface area contributed by atoms with Gasteiger partial charge in [-0.05, 0) is 30.7 Å². The van der Waals surface area contributed by atoms with E-state index in [9.17, 15) is 18.3 Å². The molecular weight excluding hydrogens is 258 g/mol. The van der Waals surface area contributed by atoms with E-state index in [1.165, 1.54) is 24.3 Å². The zero-order valence-corrected chi connectivity index (χ0v) is 10.6. The number of hydrogen-bond donors (Lipinski definition) is 3. The topological polar surface area (TPSA) is 104 Å². The molecule has 0 saturated carbocycles. The van der Waals surface area contributed by atoms with Crippen LogP contribution in [0.2, 0.25) is 0 Å². The maximum atomic E-state index is 11.8. The first kappa shape index (κ1) is 14.6. The van der Waals surface area contributed by atoms with Crippen molar-refractivity contribution in [3.05, 3.63) is 29.8 Å². The van der Waals surface area contributed by atoms with Crippen LogP contribution in [0.4, 0.5) is 0 Å². The second-order valence-corrected chi connectivity index (χ2v) is 5.51. The summed E-state index contributed by atoms with van der Waals surface area (Å²) in [7, 11) is -3.71. The lowest BCUT2D eigenvalue weighted by Gasteiger charge is -2.10. The molecule has 0 fully saturated rings. The van der Waals surface area contributed by atoms with Crippen LogP contribution in [0, 0.1) is 0 Å². The van der Waals surface area contributed by atoms with Gasteiger partial charge in [0.1, 0.15) is 0 Å². The average Bonchev–Trinajstić information content (AvgIpc) is 2.36. The minimum Gasteiger partial charge on any atom is -0.478 e. The lowest BCUT2D eigenvalue weighted by atomic mass is 10.2. The van der Waals surface area contributed by atoms with Gasteiger partial charge in [0.05, 0.1) is 16.6 Å². The van der Waals surface area contributed by atoms with Gasteiger partial charge in [0.25, 0.3) is 0 Å². The second kappa shape index (κ2) is 5.94. The van der Waals surface area contributed by atoms with Crippen molar-refractivity contribution in [2.45, 2.75) is 24.3 Å². The van der Waals surface area contributed by atoms with Gasteiger partial charge in [0, 0.05) is 6.54 Å². The maximum absolute atomic E-state index is 11.8. The molecule has 0 radical (unpaired) electrons. The molecule has 0 aliphatic carbocycles. The lowest BCUT2D eigenvalue weighted by molar-refractivity contribution is 0.0696. The Morgan fingerprint density at radius 3 is 2.33 bits per heavy atom. The van der Waals surface area contributed by atoms with Gasteiger partial charge in [-0.25, -0.2) is 17.9 Å². The summed E-state index contributed by atoms with van der Waals surface area (Å²) in [5.74, 6) is -1.12. The molecule has 1 aromatic rings. The third kappa shape index (κ3) is 3.80. The van der Waals surface area contributed by atoms with Crippen LogP contribution < -0.4 is 4.72 Å². The number of aliphatic hydroxyl groups is 1. The van der Waals surface area contributed by atoms with Crippen LogP contribution >= 0.6 is 0 Å².